The monoisotopic (exact) mass is 257 g/mol. The van der Waals surface area contributed by atoms with Gasteiger partial charge in [0.15, 0.2) is 5.96 Å². The standard InChI is InChI=1S/C13H15N5O/c1-9(10-5-3-2-4-6-10)11-17-18-13(19-11)16-12-14-7-8-15-12/h2-6,9H,7-8H2,1H3,(H2,14,15,16,18). The van der Waals surface area contributed by atoms with Crippen molar-refractivity contribution in [2.75, 3.05) is 18.4 Å². The molecule has 1 aliphatic rings. The van der Waals surface area contributed by atoms with Gasteiger partial charge in [0.2, 0.25) is 5.89 Å². The molecular weight excluding hydrogens is 242 g/mol. The first-order valence-corrected chi connectivity index (χ1v) is 6.26. The van der Waals surface area contributed by atoms with Crippen LogP contribution >= 0.6 is 0 Å². The summed E-state index contributed by atoms with van der Waals surface area (Å²) in [5.74, 6) is 1.34. The van der Waals surface area contributed by atoms with Crippen LogP contribution in [0.4, 0.5) is 6.01 Å². The first kappa shape index (κ1) is 11.7. The van der Waals surface area contributed by atoms with Crippen molar-refractivity contribution >= 4 is 12.0 Å². The molecule has 0 bridgehead atoms. The van der Waals surface area contributed by atoms with Crippen molar-refractivity contribution in [3.8, 4) is 0 Å². The maximum Gasteiger partial charge on any atom is 0.322 e. The Kier molecular flexibility index (Phi) is 3.14. The predicted molar refractivity (Wildman–Crippen MR) is 72.2 cm³/mol. The molecule has 1 unspecified atom stereocenters. The largest absolute Gasteiger partial charge is 0.407 e. The van der Waals surface area contributed by atoms with E-state index in [1.807, 2.05) is 37.3 Å². The molecule has 1 aliphatic heterocycles. The van der Waals surface area contributed by atoms with E-state index in [1.165, 1.54) is 0 Å². The lowest BCUT2D eigenvalue weighted by atomic mass is 10.0. The number of nitrogens with zero attached hydrogens (tertiary/aromatic N) is 3. The summed E-state index contributed by atoms with van der Waals surface area (Å²) in [6, 6.07) is 10.4. The number of rotatable bonds is 3. The van der Waals surface area contributed by atoms with Crippen molar-refractivity contribution in [1.82, 2.24) is 15.5 Å². The number of aliphatic imine (C=N–C) groups is 1. The average molecular weight is 257 g/mol. The van der Waals surface area contributed by atoms with E-state index in [0.29, 0.717) is 17.9 Å². The van der Waals surface area contributed by atoms with Gasteiger partial charge in [0.05, 0.1) is 12.5 Å². The molecule has 2 N–H and O–H groups in total. The summed E-state index contributed by atoms with van der Waals surface area (Å²) in [7, 11) is 0. The second-order valence-electron chi connectivity index (χ2n) is 4.36. The molecule has 0 radical (unpaired) electrons. The van der Waals surface area contributed by atoms with Gasteiger partial charge in [-0.3, -0.25) is 10.3 Å². The molecule has 2 heterocycles. The SMILES string of the molecule is CC(c1ccccc1)c1nnc(NC2=NCCN2)o1. The van der Waals surface area contributed by atoms with Crippen LogP contribution in [0.2, 0.25) is 0 Å². The fraction of sp³-hybridized carbons (Fsp3) is 0.308. The number of guanidine groups is 1. The summed E-state index contributed by atoms with van der Waals surface area (Å²) in [5, 5.41) is 14.1. The minimum atomic E-state index is 0.0720. The molecule has 0 amide bonds. The van der Waals surface area contributed by atoms with Gasteiger partial charge in [0.25, 0.3) is 0 Å². The minimum Gasteiger partial charge on any atom is -0.407 e. The van der Waals surface area contributed by atoms with Gasteiger partial charge < -0.3 is 9.73 Å². The summed E-state index contributed by atoms with van der Waals surface area (Å²) in [5.41, 5.74) is 1.15. The van der Waals surface area contributed by atoms with Crippen LogP contribution in [-0.4, -0.2) is 29.2 Å². The number of nitrogens with one attached hydrogen (secondary N) is 2. The zero-order valence-electron chi connectivity index (χ0n) is 10.6. The van der Waals surface area contributed by atoms with Crippen molar-refractivity contribution in [2.45, 2.75) is 12.8 Å². The Morgan fingerprint density at radius 1 is 1.26 bits per heavy atom. The second-order valence-corrected chi connectivity index (χ2v) is 4.36. The number of anilines is 1. The Balaban J connectivity index is 1.74. The summed E-state index contributed by atoms with van der Waals surface area (Å²) >= 11 is 0. The molecule has 6 heteroatoms. The van der Waals surface area contributed by atoms with Crippen LogP contribution < -0.4 is 10.6 Å². The van der Waals surface area contributed by atoms with Crippen LogP contribution in [0.3, 0.4) is 0 Å². The maximum atomic E-state index is 5.61. The van der Waals surface area contributed by atoms with Crippen molar-refractivity contribution < 1.29 is 4.42 Å². The fourth-order valence-corrected chi connectivity index (χ4v) is 1.93. The first-order valence-electron chi connectivity index (χ1n) is 6.26. The van der Waals surface area contributed by atoms with Gasteiger partial charge in [-0.25, -0.2) is 0 Å². The van der Waals surface area contributed by atoms with Gasteiger partial charge >= 0.3 is 6.01 Å². The van der Waals surface area contributed by atoms with Gasteiger partial charge in [-0.05, 0) is 12.5 Å². The van der Waals surface area contributed by atoms with Crippen molar-refractivity contribution in [1.29, 1.82) is 0 Å². The van der Waals surface area contributed by atoms with Crippen LogP contribution in [0.5, 0.6) is 0 Å². The molecular formula is C13H15N5O. The zero-order valence-corrected chi connectivity index (χ0v) is 10.6. The third kappa shape index (κ3) is 2.57. The lowest BCUT2D eigenvalue weighted by molar-refractivity contribution is 0.493. The second kappa shape index (κ2) is 5.09. The fourth-order valence-electron chi connectivity index (χ4n) is 1.93. The van der Waals surface area contributed by atoms with Crippen LogP contribution in [0.1, 0.15) is 24.3 Å². The molecule has 0 aliphatic carbocycles. The van der Waals surface area contributed by atoms with Gasteiger partial charge in [-0.15, -0.1) is 5.10 Å². The van der Waals surface area contributed by atoms with Gasteiger partial charge in [-0.1, -0.05) is 35.4 Å². The van der Waals surface area contributed by atoms with Crippen LogP contribution in [-0.2, 0) is 0 Å². The highest BCUT2D eigenvalue weighted by molar-refractivity contribution is 5.92. The third-order valence-electron chi connectivity index (χ3n) is 3.01. The zero-order chi connectivity index (χ0) is 13.1. The minimum absolute atomic E-state index is 0.0720. The molecule has 6 nitrogen and oxygen atoms in total. The van der Waals surface area contributed by atoms with Crippen molar-refractivity contribution in [2.24, 2.45) is 4.99 Å². The number of hydrogen-bond acceptors (Lipinski definition) is 6. The Labute approximate surface area is 111 Å². The van der Waals surface area contributed by atoms with Crippen molar-refractivity contribution in [3.63, 3.8) is 0 Å². The van der Waals surface area contributed by atoms with Gasteiger partial charge in [0, 0.05) is 6.54 Å². The topological polar surface area (TPSA) is 75.3 Å². The van der Waals surface area contributed by atoms with Gasteiger partial charge in [0.1, 0.15) is 0 Å². The molecule has 1 aromatic carbocycles. The van der Waals surface area contributed by atoms with E-state index >= 15 is 0 Å². The molecule has 0 spiro atoms. The third-order valence-corrected chi connectivity index (χ3v) is 3.01. The molecule has 0 saturated carbocycles. The Morgan fingerprint density at radius 2 is 2.11 bits per heavy atom. The normalized spacial score (nSPS) is 15.7. The van der Waals surface area contributed by atoms with E-state index in [4.69, 9.17) is 4.42 Å². The van der Waals surface area contributed by atoms with Crippen LogP contribution in [0.25, 0.3) is 0 Å². The predicted octanol–water partition coefficient (Wildman–Crippen LogP) is 1.59. The van der Waals surface area contributed by atoms with Crippen LogP contribution in [0, 0.1) is 0 Å². The first-order chi connectivity index (χ1) is 9.33. The van der Waals surface area contributed by atoms with E-state index in [-0.39, 0.29) is 5.92 Å². The highest BCUT2D eigenvalue weighted by Crippen LogP contribution is 2.23. The molecule has 1 aromatic heterocycles. The maximum absolute atomic E-state index is 5.61. The summed E-state index contributed by atoms with van der Waals surface area (Å²) in [6.45, 7) is 3.64. The van der Waals surface area contributed by atoms with E-state index in [1.54, 1.807) is 0 Å². The summed E-state index contributed by atoms with van der Waals surface area (Å²) in [4.78, 5) is 4.21. The smallest absolute Gasteiger partial charge is 0.322 e. The molecule has 98 valence electrons. The van der Waals surface area contributed by atoms with E-state index < -0.39 is 0 Å². The highest BCUT2D eigenvalue weighted by Gasteiger charge is 2.16. The Morgan fingerprint density at radius 3 is 2.84 bits per heavy atom. The van der Waals surface area contributed by atoms with E-state index in [2.05, 4.69) is 25.8 Å². The number of aromatic nitrogens is 2. The highest BCUT2D eigenvalue weighted by atomic mass is 16.4. The molecule has 3 rings (SSSR count). The molecule has 19 heavy (non-hydrogen) atoms. The van der Waals surface area contributed by atoms with Crippen molar-refractivity contribution in [3.05, 3.63) is 41.8 Å². The Hall–Kier alpha value is -2.37. The van der Waals surface area contributed by atoms with E-state index in [0.717, 1.165) is 18.7 Å². The lowest BCUT2D eigenvalue weighted by Crippen LogP contribution is -2.26. The quantitative estimate of drug-likeness (QED) is 0.873. The molecule has 1 atom stereocenters. The molecule has 2 aromatic rings. The van der Waals surface area contributed by atoms with Gasteiger partial charge in [-0.2, -0.15) is 0 Å². The molecule has 0 saturated heterocycles. The Bertz CT molecular complexity index is 578. The summed E-state index contributed by atoms with van der Waals surface area (Å²) in [6.07, 6.45) is 0. The van der Waals surface area contributed by atoms with E-state index in [9.17, 15) is 0 Å². The number of benzene rings is 1. The molecule has 0 fully saturated rings. The van der Waals surface area contributed by atoms with Crippen LogP contribution in [0.15, 0.2) is 39.7 Å². The number of hydrogen-bond donors (Lipinski definition) is 2. The average Bonchev–Trinajstić information content (AvgIpc) is 3.11. The lowest BCUT2D eigenvalue weighted by Gasteiger charge is -2.06. The summed E-state index contributed by atoms with van der Waals surface area (Å²) < 4.78 is 5.61.